The minimum absolute atomic E-state index is 0.0721. The van der Waals surface area contributed by atoms with Gasteiger partial charge >= 0.3 is 0 Å². The fourth-order valence-corrected chi connectivity index (χ4v) is 2.75. The Balaban J connectivity index is 1.69. The van der Waals surface area contributed by atoms with Crippen LogP contribution in [-0.2, 0) is 0 Å². The van der Waals surface area contributed by atoms with Crippen molar-refractivity contribution >= 4 is 16.9 Å². The summed E-state index contributed by atoms with van der Waals surface area (Å²) >= 11 is 0. The fraction of sp³-hybridized carbons (Fsp3) is 0.105. The molecule has 3 aromatic heterocycles. The minimum Gasteiger partial charge on any atom is -0.345 e. The summed E-state index contributed by atoms with van der Waals surface area (Å²) in [5.41, 5.74) is 2.45. The molecule has 8 heteroatoms. The molecule has 1 aromatic carbocycles. The molecule has 8 nitrogen and oxygen atoms in total. The summed E-state index contributed by atoms with van der Waals surface area (Å²) in [6.45, 7) is 0. The number of carbonyl (C=O) groups is 1. The zero-order chi connectivity index (χ0) is 19.0. The molecule has 3 heterocycles. The van der Waals surface area contributed by atoms with E-state index in [0.29, 0.717) is 22.5 Å². The van der Waals surface area contributed by atoms with E-state index in [1.54, 1.807) is 67.6 Å². The summed E-state index contributed by atoms with van der Waals surface area (Å²) in [4.78, 5) is 32.7. The largest absolute Gasteiger partial charge is 0.345 e. The molecule has 0 saturated carbocycles. The van der Waals surface area contributed by atoms with Crippen LogP contribution >= 0.6 is 0 Å². The van der Waals surface area contributed by atoms with E-state index >= 15 is 0 Å². The van der Waals surface area contributed by atoms with Crippen molar-refractivity contribution in [2.75, 3.05) is 14.1 Å². The summed E-state index contributed by atoms with van der Waals surface area (Å²) in [7, 11) is 3.41. The van der Waals surface area contributed by atoms with Gasteiger partial charge in [-0.1, -0.05) is 5.21 Å². The van der Waals surface area contributed by atoms with Crippen molar-refractivity contribution in [2.24, 2.45) is 0 Å². The molecular formula is C19H16N6O2. The van der Waals surface area contributed by atoms with Crippen LogP contribution in [0.15, 0.2) is 59.7 Å². The molecule has 0 saturated heterocycles. The number of nitrogens with zero attached hydrogens (tertiary/aromatic N) is 5. The predicted molar refractivity (Wildman–Crippen MR) is 101 cm³/mol. The quantitative estimate of drug-likeness (QED) is 0.602. The zero-order valence-electron chi connectivity index (χ0n) is 14.7. The SMILES string of the molecule is CN(C)C(=O)c1ccc(-n2cc(-c3cc4cccnc4[nH]c3=O)nn2)cc1. The molecule has 0 fully saturated rings. The van der Waals surface area contributed by atoms with Gasteiger partial charge in [0.05, 0.1) is 17.4 Å². The van der Waals surface area contributed by atoms with Crippen LogP contribution in [-0.4, -0.2) is 49.9 Å². The molecule has 0 unspecified atom stereocenters. The van der Waals surface area contributed by atoms with E-state index in [9.17, 15) is 9.59 Å². The number of hydrogen-bond donors (Lipinski definition) is 1. The number of pyridine rings is 2. The van der Waals surface area contributed by atoms with Gasteiger partial charge in [0, 0.05) is 31.2 Å². The molecule has 0 aliphatic heterocycles. The molecule has 4 aromatic rings. The highest BCUT2D eigenvalue weighted by molar-refractivity contribution is 5.94. The summed E-state index contributed by atoms with van der Waals surface area (Å²) in [6.07, 6.45) is 3.30. The van der Waals surface area contributed by atoms with Crippen molar-refractivity contribution in [1.29, 1.82) is 0 Å². The molecule has 0 aliphatic rings. The Morgan fingerprint density at radius 1 is 1.15 bits per heavy atom. The van der Waals surface area contributed by atoms with Crippen LogP contribution in [0.5, 0.6) is 0 Å². The first-order valence-corrected chi connectivity index (χ1v) is 8.26. The van der Waals surface area contributed by atoms with Crippen molar-refractivity contribution in [3.63, 3.8) is 0 Å². The minimum atomic E-state index is -0.278. The Bertz CT molecular complexity index is 1190. The van der Waals surface area contributed by atoms with Gasteiger partial charge in [0.1, 0.15) is 11.3 Å². The van der Waals surface area contributed by atoms with E-state index in [1.807, 2.05) is 6.07 Å². The van der Waals surface area contributed by atoms with E-state index in [1.165, 1.54) is 4.90 Å². The molecule has 1 N–H and O–H groups in total. The lowest BCUT2D eigenvalue weighted by Gasteiger charge is -2.10. The Labute approximate surface area is 154 Å². The van der Waals surface area contributed by atoms with Crippen molar-refractivity contribution < 1.29 is 4.79 Å². The van der Waals surface area contributed by atoms with Gasteiger partial charge in [-0.3, -0.25) is 9.59 Å². The molecule has 0 atom stereocenters. The highest BCUT2D eigenvalue weighted by Crippen LogP contribution is 2.18. The lowest BCUT2D eigenvalue weighted by atomic mass is 10.1. The molecule has 0 aliphatic carbocycles. The molecule has 1 amide bonds. The van der Waals surface area contributed by atoms with E-state index in [2.05, 4.69) is 20.3 Å². The van der Waals surface area contributed by atoms with Gasteiger partial charge in [0.2, 0.25) is 0 Å². The van der Waals surface area contributed by atoms with Gasteiger partial charge < -0.3 is 9.88 Å². The first-order valence-electron chi connectivity index (χ1n) is 8.26. The van der Waals surface area contributed by atoms with Crippen molar-refractivity contribution in [2.45, 2.75) is 0 Å². The lowest BCUT2D eigenvalue weighted by Crippen LogP contribution is -2.21. The molecule has 134 valence electrons. The van der Waals surface area contributed by atoms with Crippen LogP contribution < -0.4 is 5.56 Å². The van der Waals surface area contributed by atoms with E-state index in [4.69, 9.17) is 0 Å². The Morgan fingerprint density at radius 2 is 1.93 bits per heavy atom. The van der Waals surface area contributed by atoms with Crippen LogP contribution in [0.4, 0.5) is 0 Å². The number of aromatic amines is 1. The molecule has 27 heavy (non-hydrogen) atoms. The topological polar surface area (TPSA) is 96.8 Å². The Kier molecular flexibility index (Phi) is 4.00. The normalized spacial score (nSPS) is 10.9. The monoisotopic (exact) mass is 360 g/mol. The van der Waals surface area contributed by atoms with E-state index in [-0.39, 0.29) is 11.5 Å². The van der Waals surface area contributed by atoms with Crippen LogP contribution in [0.1, 0.15) is 10.4 Å². The number of hydrogen-bond acceptors (Lipinski definition) is 5. The molecule has 4 rings (SSSR count). The number of carbonyl (C=O) groups excluding carboxylic acids is 1. The van der Waals surface area contributed by atoms with Crippen molar-refractivity contribution in [3.05, 3.63) is 70.8 Å². The van der Waals surface area contributed by atoms with Gasteiger partial charge in [-0.25, -0.2) is 9.67 Å². The fourth-order valence-electron chi connectivity index (χ4n) is 2.75. The number of amides is 1. The number of benzene rings is 1. The second kappa shape index (κ2) is 6.49. The predicted octanol–water partition coefficient (Wildman–Crippen LogP) is 1.87. The highest BCUT2D eigenvalue weighted by Gasteiger charge is 2.12. The molecular weight excluding hydrogens is 344 g/mol. The number of aromatic nitrogens is 5. The van der Waals surface area contributed by atoms with Crippen LogP contribution in [0.25, 0.3) is 28.0 Å². The first-order chi connectivity index (χ1) is 13.0. The second-order valence-corrected chi connectivity index (χ2v) is 6.25. The maximum absolute atomic E-state index is 12.3. The zero-order valence-corrected chi connectivity index (χ0v) is 14.7. The number of rotatable bonds is 3. The average Bonchev–Trinajstić information content (AvgIpc) is 3.17. The molecule has 0 spiro atoms. The number of nitrogens with one attached hydrogen (secondary N) is 1. The van der Waals surface area contributed by atoms with Gasteiger partial charge in [0.15, 0.2) is 0 Å². The first kappa shape index (κ1) is 16.6. The van der Waals surface area contributed by atoms with Gasteiger partial charge in [-0.05, 0) is 42.5 Å². The maximum Gasteiger partial charge on any atom is 0.259 e. The number of H-pyrrole nitrogens is 1. The van der Waals surface area contributed by atoms with Crippen molar-refractivity contribution in [1.82, 2.24) is 29.9 Å². The lowest BCUT2D eigenvalue weighted by molar-refractivity contribution is 0.0827. The number of fused-ring (bicyclic) bond motifs is 1. The van der Waals surface area contributed by atoms with Crippen molar-refractivity contribution in [3.8, 4) is 16.9 Å². The van der Waals surface area contributed by atoms with E-state index < -0.39 is 0 Å². The third-order valence-corrected chi connectivity index (χ3v) is 4.17. The smallest absolute Gasteiger partial charge is 0.259 e. The molecule has 0 radical (unpaired) electrons. The average molecular weight is 360 g/mol. The van der Waals surface area contributed by atoms with E-state index in [0.717, 1.165) is 11.1 Å². The molecule has 0 bridgehead atoms. The van der Waals surface area contributed by atoms with Crippen LogP contribution in [0.2, 0.25) is 0 Å². The summed E-state index contributed by atoms with van der Waals surface area (Å²) in [6, 6.07) is 12.4. The highest BCUT2D eigenvalue weighted by atomic mass is 16.2. The van der Waals surface area contributed by atoms with Crippen LogP contribution in [0.3, 0.4) is 0 Å². The van der Waals surface area contributed by atoms with Gasteiger partial charge in [0.25, 0.3) is 11.5 Å². The third-order valence-electron chi connectivity index (χ3n) is 4.17. The summed E-state index contributed by atoms with van der Waals surface area (Å²) in [5.74, 6) is -0.0721. The standard InChI is InChI=1S/C19H16N6O2/c1-24(2)19(27)12-5-7-14(8-6-12)25-11-16(22-23-25)15-10-13-4-3-9-20-17(13)21-18(15)26/h3-11H,1-2H3,(H,20,21,26). The van der Waals surface area contributed by atoms with Gasteiger partial charge in [-0.2, -0.15) is 0 Å². The summed E-state index contributed by atoms with van der Waals surface area (Å²) < 4.78 is 1.56. The van der Waals surface area contributed by atoms with Gasteiger partial charge in [-0.15, -0.1) is 5.10 Å². The maximum atomic E-state index is 12.3. The Morgan fingerprint density at radius 3 is 2.67 bits per heavy atom. The second-order valence-electron chi connectivity index (χ2n) is 6.25. The summed E-state index contributed by atoms with van der Waals surface area (Å²) in [5, 5.41) is 9.02. The Hall–Kier alpha value is -3.81. The third kappa shape index (κ3) is 3.08. The van der Waals surface area contributed by atoms with Crippen LogP contribution in [0, 0.1) is 0 Å².